The Labute approximate surface area is 124 Å². The van der Waals surface area contributed by atoms with Gasteiger partial charge in [0.1, 0.15) is 0 Å². The summed E-state index contributed by atoms with van der Waals surface area (Å²) in [6.45, 7) is 5.26. The molecule has 0 atom stereocenters. The molecule has 0 fully saturated rings. The molecule has 1 rings (SSSR count). The highest BCUT2D eigenvalue weighted by Crippen LogP contribution is 2.13. The van der Waals surface area contributed by atoms with E-state index in [-0.39, 0.29) is 0 Å². The molecule has 0 aromatic heterocycles. The van der Waals surface area contributed by atoms with E-state index in [2.05, 4.69) is 38.3 Å². The van der Waals surface area contributed by atoms with Gasteiger partial charge in [0.2, 0.25) is 0 Å². The second-order valence-corrected chi connectivity index (χ2v) is 5.18. The van der Waals surface area contributed by atoms with Crippen molar-refractivity contribution >= 4 is 21.6 Å². The molecule has 0 aliphatic heterocycles. The molecule has 0 heterocycles. The maximum atomic E-state index is 5.12. The number of nitrogens with one attached hydrogen (secondary N) is 1. The first kappa shape index (κ1) is 16.4. The summed E-state index contributed by atoms with van der Waals surface area (Å²) in [5.74, 6) is 0. The minimum atomic E-state index is 0.752. The zero-order chi connectivity index (χ0) is 13.9. The normalized spacial score (nSPS) is 10.9. The first-order chi connectivity index (χ1) is 9.26. The van der Waals surface area contributed by atoms with Gasteiger partial charge in [-0.15, -0.1) is 0 Å². The van der Waals surface area contributed by atoms with Gasteiger partial charge in [-0.1, -0.05) is 15.9 Å². The molecule has 1 N–H and O–H groups in total. The summed E-state index contributed by atoms with van der Waals surface area (Å²) < 4.78 is 11.3. The number of methoxy groups -OCH3 is 2. The highest BCUT2D eigenvalue weighted by molar-refractivity contribution is 9.10. The third-order valence-electron chi connectivity index (χ3n) is 2.82. The van der Waals surface area contributed by atoms with Crippen molar-refractivity contribution in [2.75, 3.05) is 58.9 Å². The highest BCUT2D eigenvalue weighted by atomic mass is 79.9. The summed E-state index contributed by atoms with van der Waals surface area (Å²) in [6, 6.07) is 8.21. The van der Waals surface area contributed by atoms with Crippen molar-refractivity contribution in [2.24, 2.45) is 0 Å². The van der Waals surface area contributed by atoms with Gasteiger partial charge in [0, 0.05) is 50.6 Å². The number of hydrogen-bond acceptors (Lipinski definition) is 4. The SMILES string of the molecule is COCCN(CCNc1ccc(Br)cc1)CCOC. The molecule has 0 aliphatic carbocycles. The molecule has 4 nitrogen and oxygen atoms in total. The Kier molecular flexibility index (Phi) is 8.82. The van der Waals surface area contributed by atoms with Crippen molar-refractivity contribution in [1.29, 1.82) is 0 Å². The summed E-state index contributed by atoms with van der Waals surface area (Å²) in [5.41, 5.74) is 1.14. The number of anilines is 1. The largest absolute Gasteiger partial charge is 0.384 e. The van der Waals surface area contributed by atoms with E-state index in [4.69, 9.17) is 9.47 Å². The third-order valence-corrected chi connectivity index (χ3v) is 3.35. The van der Waals surface area contributed by atoms with E-state index in [1.807, 2.05) is 12.1 Å². The van der Waals surface area contributed by atoms with E-state index in [0.717, 1.165) is 49.6 Å². The number of benzene rings is 1. The van der Waals surface area contributed by atoms with Gasteiger partial charge in [-0.3, -0.25) is 4.90 Å². The average molecular weight is 331 g/mol. The van der Waals surface area contributed by atoms with Crippen LogP contribution in [0.3, 0.4) is 0 Å². The molecular weight excluding hydrogens is 308 g/mol. The molecule has 0 unspecified atom stereocenters. The van der Waals surface area contributed by atoms with Gasteiger partial charge >= 0.3 is 0 Å². The summed E-state index contributed by atoms with van der Waals surface area (Å²) in [5, 5.41) is 3.41. The lowest BCUT2D eigenvalue weighted by Gasteiger charge is -2.21. The van der Waals surface area contributed by atoms with Crippen molar-refractivity contribution in [3.63, 3.8) is 0 Å². The molecule has 1 aromatic carbocycles. The number of rotatable bonds is 10. The lowest BCUT2D eigenvalue weighted by atomic mass is 10.3. The molecule has 0 spiro atoms. The van der Waals surface area contributed by atoms with Crippen LogP contribution in [-0.4, -0.2) is 58.5 Å². The third kappa shape index (κ3) is 7.52. The standard InChI is InChI=1S/C14H23BrN2O2/c1-18-11-9-17(10-12-19-2)8-7-16-14-5-3-13(15)4-6-14/h3-6,16H,7-12H2,1-2H3. The topological polar surface area (TPSA) is 33.7 Å². The monoisotopic (exact) mass is 330 g/mol. The van der Waals surface area contributed by atoms with Gasteiger partial charge in [0.25, 0.3) is 0 Å². The van der Waals surface area contributed by atoms with E-state index in [1.165, 1.54) is 0 Å². The summed E-state index contributed by atoms with van der Waals surface area (Å²) >= 11 is 3.43. The second-order valence-electron chi connectivity index (χ2n) is 4.26. The zero-order valence-corrected chi connectivity index (χ0v) is 13.3. The van der Waals surface area contributed by atoms with E-state index in [1.54, 1.807) is 14.2 Å². The van der Waals surface area contributed by atoms with Gasteiger partial charge in [-0.2, -0.15) is 0 Å². The molecule has 1 aromatic rings. The lowest BCUT2D eigenvalue weighted by molar-refractivity contribution is 0.116. The number of halogens is 1. The van der Waals surface area contributed by atoms with Crippen LogP contribution in [0.5, 0.6) is 0 Å². The smallest absolute Gasteiger partial charge is 0.0589 e. The maximum absolute atomic E-state index is 5.12. The average Bonchev–Trinajstić information content (AvgIpc) is 2.43. The van der Waals surface area contributed by atoms with Crippen LogP contribution in [0.4, 0.5) is 5.69 Å². The minimum absolute atomic E-state index is 0.752. The van der Waals surface area contributed by atoms with E-state index >= 15 is 0 Å². The number of ether oxygens (including phenoxy) is 2. The van der Waals surface area contributed by atoms with Gasteiger partial charge in [-0.25, -0.2) is 0 Å². The molecule has 19 heavy (non-hydrogen) atoms. The summed E-state index contributed by atoms with van der Waals surface area (Å²) in [7, 11) is 3.46. The lowest BCUT2D eigenvalue weighted by Crippen LogP contribution is -2.34. The number of nitrogens with zero attached hydrogens (tertiary/aromatic N) is 1. The van der Waals surface area contributed by atoms with Crippen molar-refractivity contribution < 1.29 is 9.47 Å². The van der Waals surface area contributed by atoms with Crippen molar-refractivity contribution in [3.05, 3.63) is 28.7 Å². The minimum Gasteiger partial charge on any atom is -0.384 e. The van der Waals surface area contributed by atoms with Gasteiger partial charge in [0.15, 0.2) is 0 Å². The van der Waals surface area contributed by atoms with Crippen molar-refractivity contribution in [2.45, 2.75) is 0 Å². The Morgan fingerprint density at radius 3 is 2.11 bits per heavy atom. The first-order valence-corrected chi connectivity index (χ1v) is 7.25. The maximum Gasteiger partial charge on any atom is 0.0589 e. The van der Waals surface area contributed by atoms with Crippen LogP contribution in [0, 0.1) is 0 Å². The molecule has 108 valence electrons. The molecule has 0 saturated carbocycles. The Bertz CT molecular complexity index is 325. The van der Waals surface area contributed by atoms with Crippen molar-refractivity contribution in [1.82, 2.24) is 4.90 Å². The zero-order valence-electron chi connectivity index (χ0n) is 11.7. The van der Waals surface area contributed by atoms with Crippen LogP contribution in [0.25, 0.3) is 0 Å². The van der Waals surface area contributed by atoms with E-state index in [9.17, 15) is 0 Å². The molecule has 0 amide bonds. The Balaban J connectivity index is 2.27. The molecule has 0 saturated heterocycles. The second kappa shape index (κ2) is 10.2. The van der Waals surface area contributed by atoms with Crippen LogP contribution in [-0.2, 0) is 9.47 Å². The van der Waals surface area contributed by atoms with Crippen molar-refractivity contribution in [3.8, 4) is 0 Å². The van der Waals surface area contributed by atoms with Crippen LogP contribution < -0.4 is 5.32 Å². The van der Waals surface area contributed by atoms with Crippen LogP contribution in [0.1, 0.15) is 0 Å². The highest BCUT2D eigenvalue weighted by Gasteiger charge is 2.03. The fraction of sp³-hybridized carbons (Fsp3) is 0.571. The van der Waals surface area contributed by atoms with Gasteiger partial charge in [-0.05, 0) is 24.3 Å². The van der Waals surface area contributed by atoms with Crippen LogP contribution in [0.15, 0.2) is 28.7 Å². The molecule has 0 radical (unpaired) electrons. The Morgan fingerprint density at radius 1 is 1.00 bits per heavy atom. The molecule has 0 bridgehead atoms. The Morgan fingerprint density at radius 2 is 1.58 bits per heavy atom. The van der Waals surface area contributed by atoms with Gasteiger partial charge < -0.3 is 14.8 Å². The molecular formula is C14H23BrN2O2. The predicted octanol–water partition coefficient (Wildman–Crippen LogP) is 2.46. The molecule has 0 aliphatic rings. The quantitative estimate of drug-likeness (QED) is 0.714. The fourth-order valence-corrected chi connectivity index (χ4v) is 1.97. The van der Waals surface area contributed by atoms with E-state index < -0.39 is 0 Å². The number of hydrogen-bond donors (Lipinski definition) is 1. The molecule has 5 heteroatoms. The Hall–Kier alpha value is -0.620. The summed E-state index contributed by atoms with van der Waals surface area (Å²) in [4.78, 5) is 2.33. The van der Waals surface area contributed by atoms with Crippen LogP contribution in [0.2, 0.25) is 0 Å². The van der Waals surface area contributed by atoms with E-state index in [0.29, 0.717) is 0 Å². The van der Waals surface area contributed by atoms with Gasteiger partial charge in [0.05, 0.1) is 13.2 Å². The van der Waals surface area contributed by atoms with Crippen LogP contribution >= 0.6 is 15.9 Å². The summed E-state index contributed by atoms with van der Waals surface area (Å²) in [6.07, 6.45) is 0. The predicted molar refractivity (Wildman–Crippen MR) is 82.8 cm³/mol. The first-order valence-electron chi connectivity index (χ1n) is 6.46. The fourth-order valence-electron chi connectivity index (χ4n) is 1.70.